The number of methoxy groups -OCH3 is 1. The van der Waals surface area contributed by atoms with E-state index in [2.05, 4.69) is 21.2 Å². The Morgan fingerprint density at radius 1 is 1.20 bits per heavy atom. The largest absolute Gasteiger partial charge is 0.497 e. The number of rotatable bonds is 6. The number of sulfonamides is 1. The molecule has 2 rings (SSSR count). The number of anilines is 2. The summed E-state index contributed by atoms with van der Waals surface area (Å²) >= 11 is 3.39. The van der Waals surface area contributed by atoms with Crippen LogP contribution in [0.3, 0.4) is 0 Å². The Morgan fingerprint density at radius 2 is 1.84 bits per heavy atom. The van der Waals surface area contributed by atoms with Gasteiger partial charge in [0, 0.05) is 10.2 Å². The maximum atomic E-state index is 12.3. The molecule has 134 valence electrons. The zero-order valence-corrected chi connectivity index (χ0v) is 16.5. The van der Waals surface area contributed by atoms with Crippen LogP contribution in [0.15, 0.2) is 46.9 Å². The zero-order valence-electron chi connectivity index (χ0n) is 14.1. The third-order valence-corrected chi connectivity index (χ3v) is 5.52. The molecule has 2 aromatic carbocycles. The second kappa shape index (κ2) is 7.88. The summed E-state index contributed by atoms with van der Waals surface area (Å²) in [6, 6.07) is 11.8. The van der Waals surface area contributed by atoms with Crippen molar-refractivity contribution >= 4 is 43.2 Å². The summed E-state index contributed by atoms with van der Waals surface area (Å²) in [5.74, 6) is 0.176. The fourth-order valence-corrected chi connectivity index (χ4v) is 3.30. The highest BCUT2D eigenvalue weighted by Gasteiger charge is 2.21. The van der Waals surface area contributed by atoms with Crippen LogP contribution < -0.4 is 14.4 Å². The minimum absolute atomic E-state index is 0.319. The van der Waals surface area contributed by atoms with Crippen molar-refractivity contribution in [2.75, 3.05) is 29.5 Å². The molecule has 0 aliphatic rings. The van der Waals surface area contributed by atoms with Crippen LogP contribution in [0, 0.1) is 6.92 Å². The molecule has 0 atom stereocenters. The van der Waals surface area contributed by atoms with E-state index in [1.807, 2.05) is 13.0 Å². The molecule has 0 fully saturated rings. The predicted octanol–water partition coefficient (Wildman–Crippen LogP) is 3.17. The Bertz CT molecular complexity index is 867. The van der Waals surface area contributed by atoms with Gasteiger partial charge in [-0.1, -0.05) is 15.9 Å². The van der Waals surface area contributed by atoms with E-state index in [-0.39, 0.29) is 6.54 Å². The van der Waals surface area contributed by atoms with Gasteiger partial charge in [-0.15, -0.1) is 0 Å². The molecule has 0 radical (unpaired) electrons. The molecule has 8 heteroatoms. The normalized spacial score (nSPS) is 11.0. The van der Waals surface area contributed by atoms with Gasteiger partial charge in [0.1, 0.15) is 12.3 Å². The molecule has 0 bridgehead atoms. The summed E-state index contributed by atoms with van der Waals surface area (Å²) in [5.41, 5.74) is 1.97. The van der Waals surface area contributed by atoms with E-state index in [9.17, 15) is 13.2 Å². The summed E-state index contributed by atoms with van der Waals surface area (Å²) < 4.78 is 31.2. The first-order chi connectivity index (χ1) is 11.7. The Hall–Kier alpha value is -2.06. The van der Waals surface area contributed by atoms with Crippen molar-refractivity contribution in [3.8, 4) is 5.75 Å². The average Bonchev–Trinajstić information content (AvgIpc) is 2.55. The van der Waals surface area contributed by atoms with Crippen LogP contribution in [0.4, 0.5) is 11.4 Å². The van der Waals surface area contributed by atoms with Crippen molar-refractivity contribution in [1.82, 2.24) is 0 Å². The molecule has 0 spiro atoms. The lowest BCUT2D eigenvalue weighted by Gasteiger charge is -2.22. The van der Waals surface area contributed by atoms with E-state index < -0.39 is 15.9 Å². The van der Waals surface area contributed by atoms with E-state index in [0.29, 0.717) is 17.1 Å². The molecule has 0 saturated heterocycles. The topological polar surface area (TPSA) is 75.7 Å². The number of hydrogen-bond acceptors (Lipinski definition) is 4. The molecule has 0 aliphatic heterocycles. The first-order valence-corrected chi connectivity index (χ1v) is 10.0. The van der Waals surface area contributed by atoms with E-state index >= 15 is 0 Å². The van der Waals surface area contributed by atoms with Crippen LogP contribution in [-0.4, -0.2) is 34.2 Å². The van der Waals surface area contributed by atoms with Crippen molar-refractivity contribution in [1.29, 1.82) is 0 Å². The molecule has 1 N–H and O–H groups in total. The number of carbonyl (C=O) groups is 1. The summed E-state index contributed by atoms with van der Waals surface area (Å²) in [5, 5.41) is 2.71. The van der Waals surface area contributed by atoms with Crippen LogP contribution in [0.5, 0.6) is 5.75 Å². The number of aryl methyl sites for hydroxylation is 1. The van der Waals surface area contributed by atoms with Gasteiger partial charge in [-0.2, -0.15) is 0 Å². The van der Waals surface area contributed by atoms with Crippen molar-refractivity contribution in [2.45, 2.75) is 6.92 Å². The lowest BCUT2D eigenvalue weighted by molar-refractivity contribution is -0.114. The highest BCUT2D eigenvalue weighted by Crippen LogP contribution is 2.22. The third-order valence-electron chi connectivity index (χ3n) is 3.49. The Morgan fingerprint density at radius 3 is 2.36 bits per heavy atom. The molecular weight excluding hydrogens is 408 g/mol. The molecular formula is C17H19BrN2O4S. The average molecular weight is 427 g/mol. The fourth-order valence-electron chi connectivity index (χ4n) is 2.20. The molecule has 0 unspecified atom stereocenters. The predicted molar refractivity (Wildman–Crippen MR) is 103 cm³/mol. The Balaban J connectivity index is 2.18. The van der Waals surface area contributed by atoms with E-state index in [4.69, 9.17) is 4.74 Å². The van der Waals surface area contributed by atoms with Gasteiger partial charge in [0.25, 0.3) is 0 Å². The number of hydrogen-bond donors (Lipinski definition) is 1. The summed E-state index contributed by atoms with van der Waals surface area (Å²) in [6.07, 6.45) is 1.06. The van der Waals surface area contributed by atoms with E-state index in [0.717, 1.165) is 20.6 Å². The number of carbonyl (C=O) groups excluding carboxylic acids is 1. The van der Waals surface area contributed by atoms with Crippen LogP contribution in [0.25, 0.3) is 0 Å². The molecule has 1 amide bonds. The molecule has 2 aromatic rings. The number of halogens is 1. The minimum atomic E-state index is -3.62. The molecule has 25 heavy (non-hydrogen) atoms. The minimum Gasteiger partial charge on any atom is -0.497 e. The number of benzene rings is 2. The van der Waals surface area contributed by atoms with Gasteiger partial charge in [0.05, 0.1) is 19.1 Å². The van der Waals surface area contributed by atoms with Gasteiger partial charge in [-0.3, -0.25) is 9.10 Å². The first kappa shape index (κ1) is 19.3. The van der Waals surface area contributed by atoms with Crippen molar-refractivity contribution in [3.05, 3.63) is 52.5 Å². The lowest BCUT2D eigenvalue weighted by Crippen LogP contribution is -2.37. The highest BCUT2D eigenvalue weighted by atomic mass is 79.9. The van der Waals surface area contributed by atoms with E-state index in [1.165, 1.54) is 7.11 Å². The number of nitrogens with one attached hydrogen (secondary N) is 1. The second-order valence-corrected chi connectivity index (χ2v) is 8.24. The van der Waals surface area contributed by atoms with Gasteiger partial charge in [0.15, 0.2) is 0 Å². The van der Waals surface area contributed by atoms with Gasteiger partial charge >= 0.3 is 0 Å². The summed E-state index contributed by atoms with van der Waals surface area (Å²) in [4.78, 5) is 12.3. The monoisotopic (exact) mass is 426 g/mol. The maximum Gasteiger partial charge on any atom is 0.245 e. The lowest BCUT2D eigenvalue weighted by atomic mass is 10.2. The van der Waals surface area contributed by atoms with Crippen LogP contribution >= 0.6 is 15.9 Å². The van der Waals surface area contributed by atoms with Gasteiger partial charge in [-0.25, -0.2) is 8.42 Å². The zero-order chi connectivity index (χ0) is 18.6. The number of amides is 1. The molecule has 0 aliphatic carbocycles. The first-order valence-electron chi connectivity index (χ1n) is 7.38. The molecule has 0 heterocycles. The standard InChI is InChI=1S/C17H19BrN2O4S/c1-12-10-13(4-9-16(12)18)19-17(21)11-20(25(3,22)23)14-5-7-15(24-2)8-6-14/h4-10H,11H2,1-3H3,(H,19,21). The maximum absolute atomic E-state index is 12.3. The summed E-state index contributed by atoms with van der Waals surface area (Å²) in [7, 11) is -2.09. The van der Waals surface area contributed by atoms with Crippen LogP contribution in [0.2, 0.25) is 0 Å². The molecule has 0 aromatic heterocycles. The Kier molecular flexibility index (Phi) is 6.07. The van der Waals surface area contributed by atoms with Crippen LogP contribution in [0.1, 0.15) is 5.56 Å². The van der Waals surface area contributed by atoms with E-state index in [1.54, 1.807) is 36.4 Å². The highest BCUT2D eigenvalue weighted by molar-refractivity contribution is 9.10. The van der Waals surface area contributed by atoms with Crippen molar-refractivity contribution < 1.29 is 17.9 Å². The van der Waals surface area contributed by atoms with Crippen LogP contribution in [-0.2, 0) is 14.8 Å². The fraction of sp³-hybridized carbons (Fsp3) is 0.235. The Labute approximate surface area is 156 Å². The SMILES string of the molecule is COc1ccc(N(CC(=O)Nc2ccc(Br)c(C)c2)S(C)(=O)=O)cc1. The number of ether oxygens (including phenoxy) is 1. The molecule has 0 saturated carbocycles. The molecule has 6 nitrogen and oxygen atoms in total. The summed E-state index contributed by atoms with van der Waals surface area (Å²) in [6.45, 7) is 1.58. The second-order valence-electron chi connectivity index (χ2n) is 5.48. The quantitative estimate of drug-likeness (QED) is 0.769. The number of nitrogens with zero attached hydrogens (tertiary/aromatic N) is 1. The van der Waals surface area contributed by atoms with Crippen molar-refractivity contribution in [3.63, 3.8) is 0 Å². The van der Waals surface area contributed by atoms with Gasteiger partial charge in [-0.05, 0) is 55.0 Å². The smallest absolute Gasteiger partial charge is 0.245 e. The van der Waals surface area contributed by atoms with Gasteiger partial charge < -0.3 is 10.1 Å². The third kappa shape index (κ3) is 5.20. The van der Waals surface area contributed by atoms with Crippen molar-refractivity contribution in [2.24, 2.45) is 0 Å². The van der Waals surface area contributed by atoms with Gasteiger partial charge in [0.2, 0.25) is 15.9 Å².